The van der Waals surface area contributed by atoms with Crippen LogP contribution in [0.25, 0.3) is 0 Å². The maximum atomic E-state index is 12.9. The number of rotatable bonds is 5. The van der Waals surface area contributed by atoms with E-state index in [0.29, 0.717) is 11.3 Å². The molecular formula is C19H18BrN3O5S. The average molecular weight is 480 g/mol. The van der Waals surface area contributed by atoms with Crippen molar-refractivity contribution in [2.75, 3.05) is 18.1 Å². The Balaban J connectivity index is 1.71. The second-order valence-corrected chi connectivity index (χ2v) is 9.73. The third kappa shape index (κ3) is 4.33. The molecule has 1 saturated heterocycles. The van der Waals surface area contributed by atoms with Crippen molar-refractivity contribution in [3.05, 3.63) is 58.6 Å². The molecule has 1 atom stereocenters. The van der Waals surface area contributed by atoms with E-state index in [1.54, 1.807) is 31.2 Å². The van der Waals surface area contributed by atoms with E-state index in [1.807, 2.05) is 0 Å². The molecule has 1 heterocycles. The predicted molar refractivity (Wildman–Crippen MR) is 110 cm³/mol. The molecule has 2 N–H and O–H groups in total. The molecule has 1 unspecified atom stereocenters. The molecule has 0 aromatic heterocycles. The van der Waals surface area contributed by atoms with E-state index >= 15 is 0 Å². The molecule has 2 aromatic carbocycles. The zero-order valence-electron chi connectivity index (χ0n) is 15.6. The van der Waals surface area contributed by atoms with Crippen molar-refractivity contribution in [1.82, 2.24) is 10.2 Å². The first-order chi connectivity index (χ1) is 13.5. The van der Waals surface area contributed by atoms with Crippen LogP contribution in [0.4, 0.5) is 10.5 Å². The summed E-state index contributed by atoms with van der Waals surface area (Å²) < 4.78 is 23.8. The zero-order valence-corrected chi connectivity index (χ0v) is 18.0. The topological polar surface area (TPSA) is 113 Å². The Kier molecular flexibility index (Phi) is 5.50. The highest BCUT2D eigenvalue weighted by Crippen LogP contribution is 2.29. The van der Waals surface area contributed by atoms with Gasteiger partial charge in [-0.1, -0.05) is 28.1 Å². The lowest BCUT2D eigenvalue weighted by molar-refractivity contribution is -0.133. The smallest absolute Gasteiger partial charge is 0.325 e. The number of hydrogen-bond acceptors (Lipinski definition) is 5. The van der Waals surface area contributed by atoms with Crippen molar-refractivity contribution in [1.29, 1.82) is 0 Å². The highest BCUT2D eigenvalue weighted by atomic mass is 79.9. The number of anilines is 1. The highest BCUT2D eigenvalue weighted by molar-refractivity contribution is 9.10. The van der Waals surface area contributed by atoms with Crippen LogP contribution >= 0.6 is 15.9 Å². The van der Waals surface area contributed by atoms with Gasteiger partial charge < -0.3 is 10.6 Å². The number of nitrogens with zero attached hydrogens (tertiary/aromatic N) is 1. The monoisotopic (exact) mass is 479 g/mol. The number of benzene rings is 2. The fourth-order valence-corrected chi connectivity index (χ4v) is 3.84. The summed E-state index contributed by atoms with van der Waals surface area (Å²) in [5, 5.41) is 5.18. The van der Waals surface area contributed by atoms with Crippen molar-refractivity contribution in [3.63, 3.8) is 0 Å². The largest absolute Gasteiger partial charge is 0.325 e. The van der Waals surface area contributed by atoms with Gasteiger partial charge in [-0.05, 0) is 48.9 Å². The van der Waals surface area contributed by atoms with E-state index in [4.69, 9.17) is 0 Å². The van der Waals surface area contributed by atoms with Crippen molar-refractivity contribution < 1.29 is 22.8 Å². The van der Waals surface area contributed by atoms with Crippen LogP contribution < -0.4 is 10.6 Å². The summed E-state index contributed by atoms with van der Waals surface area (Å²) in [5.41, 5.74) is -0.321. The number of urea groups is 1. The Bertz CT molecular complexity index is 1080. The molecule has 2 aromatic rings. The average Bonchev–Trinajstić information content (AvgIpc) is 2.86. The first-order valence-electron chi connectivity index (χ1n) is 8.51. The summed E-state index contributed by atoms with van der Waals surface area (Å²) in [5.74, 6) is -1.12. The summed E-state index contributed by atoms with van der Waals surface area (Å²) in [6, 6.07) is 11.9. The van der Waals surface area contributed by atoms with Crippen LogP contribution in [0.2, 0.25) is 0 Å². The summed E-state index contributed by atoms with van der Waals surface area (Å²) in [6.07, 6.45) is 1.08. The lowest BCUT2D eigenvalue weighted by atomic mass is 9.92. The van der Waals surface area contributed by atoms with E-state index in [0.717, 1.165) is 15.6 Å². The van der Waals surface area contributed by atoms with Gasteiger partial charge in [-0.2, -0.15) is 0 Å². The van der Waals surface area contributed by atoms with Crippen LogP contribution in [-0.4, -0.2) is 44.0 Å². The molecule has 152 valence electrons. The molecule has 10 heteroatoms. The van der Waals surface area contributed by atoms with Gasteiger partial charge in [-0.25, -0.2) is 13.2 Å². The molecule has 1 aliphatic rings. The Labute approximate surface area is 176 Å². The Hall–Kier alpha value is -2.72. The molecule has 4 amide bonds. The van der Waals surface area contributed by atoms with Gasteiger partial charge in [0, 0.05) is 16.4 Å². The Morgan fingerprint density at radius 2 is 1.69 bits per heavy atom. The molecule has 0 saturated carbocycles. The normalized spacial score (nSPS) is 19.2. The Morgan fingerprint density at radius 3 is 2.24 bits per heavy atom. The van der Waals surface area contributed by atoms with Crippen LogP contribution in [0.15, 0.2) is 57.9 Å². The zero-order chi connectivity index (χ0) is 21.4. The van der Waals surface area contributed by atoms with Crippen molar-refractivity contribution in [2.24, 2.45) is 0 Å². The number of imide groups is 1. The standard InChI is InChI=1S/C19H18BrN3O5S/c1-19(12-3-5-13(20)6-4-12)17(25)23(18(26)22-19)11-16(24)21-14-7-9-15(10-8-14)29(2,27)28/h3-10H,11H2,1-2H3,(H,21,24)(H,22,26). The van der Waals surface area contributed by atoms with Gasteiger partial charge >= 0.3 is 6.03 Å². The first kappa shape index (κ1) is 21.0. The summed E-state index contributed by atoms with van der Waals surface area (Å²) in [7, 11) is -3.34. The van der Waals surface area contributed by atoms with Crippen molar-refractivity contribution in [3.8, 4) is 0 Å². The van der Waals surface area contributed by atoms with Gasteiger partial charge in [0.25, 0.3) is 5.91 Å². The summed E-state index contributed by atoms with van der Waals surface area (Å²) in [4.78, 5) is 38.5. The first-order valence-corrected chi connectivity index (χ1v) is 11.2. The second kappa shape index (κ2) is 7.60. The number of carbonyl (C=O) groups is 3. The number of halogens is 1. The predicted octanol–water partition coefficient (Wildman–Crippen LogP) is 2.26. The molecule has 0 aliphatic carbocycles. The minimum atomic E-state index is -3.34. The Morgan fingerprint density at radius 1 is 1.10 bits per heavy atom. The number of sulfone groups is 1. The number of carbonyl (C=O) groups excluding carboxylic acids is 3. The van der Waals surface area contributed by atoms with Crippen molar-refractivity contribution in [2.45, 2.75) is 17.4 Å². The van der Waals surface area contributed by atoms with Crippen LogP contribution in [0.3, 0.4) is 0 Å². The van der Waals surface area contributed by atoms with Crippen molar-refractivity contribution >= 4 is 49.3 Å². The van der Waals surface area contributed by atoms with E-state index in [-0.39, 0.29) is 4.90 Å². The number of nitrogens with one attached hydrogen (secondary N) is 2. The van der Waals surface area contributed by atoms with Crippen LogP contribution in [-0.2, 0) is 25.0 Å². The number of hydrogen-bond donors (Lipinski definition) is 2. The minimum Gasteiger partial charge on any atom is -0.325 e. The molecule has 0 spiro atoms. The quantitative estimate of drug-likeness (QED) is 0.638. The van der Waals surface area contributed by atoms with Gasteiger partial charge in [0.1, 0.15) is 12.1 Å². The number of amides is 4. The third-order valence-corrected chi connectivity index (χ3v) is 6.22. The fourth-order valence-electron chi connectivity index (χ4n) is 2.95. The molecule has 8 nitrogen and oxygen atoms in total. The molecule has 1 aliphatic heterocycles. The van der Waals surface area contributed by atoms with Gasteiger partial charge in [0.2, 0.25) is 5.91 Å². The minimum absolute atomic E-state index is 0.120. The van der Waals surface area contributed by atoms with Crippen LogP contribution in [0.5, 0.6) is 0 Å². The molecular weight excluding hydrogens is 462 g/mol. The van der Waals surface area contributed by atoms with Gasteiger partial charge in [0.05, 0.1) is 4.90 Å². The van der Waals surface area contributed by atoms with Crippen LogP contribution in [0, 0.1) is 0 Å². The summed E-state index contributed by atoms with van der Waals surface area (Å²) >= 11 is 3.32. The van der Waals surface area contributed by atoms with Gasteiger partial charge in [-0.15, -0.1) is 0 Å². The fraction of sp³-hybridized carbons (Fsp3) is 0.211. The molecule has 29 heavy (non-hydrogen) atoms. The maximum Gasteiger partial charge on any atom is 0.325 e. The van der Waals surface area contributed by atoms with E-state index in [1.165, 1.54) is 24.3 Å². The highest BCUT2D eigenvalue weighted by Gasteiger charge is 2.49. The van der Waals surface area contributed by atoms with Gasteiger partial charge in [0.15, 0.2) is 9.84 Å². The lowest BCUT2D eigenvalue weighted by Crippen LogP contribution is -2.42. The van der Waals surface area contributed by atoms with E-state index < -0.39 is 39.8 Å². The third-order valence-electron chi connectivity index (χ3n) is 4.56. The molecule has 3 rings (SSSR count). The van der Waals surface area contributed by atoms with Crippen LogP contribution in [0.1, 0.15) is 12.5 Å². The molecule has 0 bridgehead atoms. The molecule has 1 fully saturated rings. The second-order valence-electron chi connectivity index (χ2n) is 6.80. The van der Waals surface area contributed by atoms with E-state index in [9.17, 15) is 22.8 Å². The van der Waals surface area contributed by atoms with E-state index in [2.05, 4.69) is 26.6 Å². The van der Waals surface area contributed by atoms with Gasteiger partial charge in [-0.3, -0.25) is 14.5 Å². The lowest BCUT2D eigenvalue weighted by Gasteiger charge is -2.22. The SMILES string of the molecule is CC1(c2ccc(Br)cc2)NC(=O)N(CC(=O)Nc2ccc(S(C)(=O)=O)cc2)C1=O. The maximum absolute atomic E-state index is 12.9. The summed E-state index contributed by atoms with van der Waals surface area (Å²) in [6.45, 7) is 1.11. The molecule has 0 radical (unpaired) electrons.